The molecule has 0 fully saturated rings. The van der Waals surface area contributed by atoms with Gasteiger partial charge >= 0.3 is 6.18 Å². The monoisotopic (exact) mass is 394 g/mol. The zero-order chi connectivity index (χ0) is 16.5. The van der Waals surface area contributed by atoms with E-state index >= 15 is 0 Å². The number of alkyl halides is 3. The summed E-state index contributed by atoms with van der Waals surface area (Å²) in [5.41, 5.74) is -0.238. The Morgan fingerprint density at radius 3 is 2.36 bits per heavy atom. The molecule has 1 aromatic carbocycles. The highest BCUT2D eigenvalue weighted by molar-refractivity contribution is 9.10. The van der Waals surface area contributed by atoms with Crippen LogP contribution < -0.4 is 4.72 Å². The van der Waals surface area contributed by atoms with Crippen molar-refractivity contribution in [2.24, 2.45) is 0 Å². The lowest BCUT2D eigenvalue weighted by Gasteiger charge is -2.10. The lowest BCUT2D eigenvalue weighted by molar-refractivity contribution is -0.137. The molecule has 0 saturated carbocycles. The first-order valence-corrected chi connectivity index (χ1v) is 8.19. The average Bonchev–Trinajstić information content (AvgIpc) is 2.41. The van der Waals surface area contributed by atoms with Gasteiger partial charge in [0.15, 0.2) is 0 Å². The molecule has 1 heterocycles. The molecular formula is C13H10BrF3N2O2S. The van der Waals surface area contributed by atoms with Crippen molar-refractivity contribution in [2.45, 2.75) is 18.0 Å². The molecule has 22 heavy (non-hydrogen) atoms. The second-order valence-electron chi connectivity index (χ2n) is 4.45. The fourth-order valence-corrected chi connectivity index (χ4v) is 2.94. The molecule has 0 spiro atoms. The van der Waals surface area contributed by atoms with Crippen molar-refractivity contribution < 1.29 is 21.6 Å². The van der Waals surface area contributed by atoms with Crippen molar-refractivity contribution in [2.75, 3.05) is 4.72 Å². The Kier molecular flexibility index (Phi) is 4.48. The maximum absolute atomic E-state index is 12.4. The van der Waals surface area contributed by atoms with E-state index in [9.17, 15) is 21.6 Å². The van der Waals surface area contributed by atoms with Crippen LogP contribution in [-0.4, -0.2) is 13.4 Å². The minimum absolute atomic E-state index is 0.00472. The first kappa shape index (κ1) is 16.8. The number of anilines is 1. The number of aromatic nitrogens is 1. The van der Waals surface area contributed by atoms with E-state index in [-0.39, 0.29) is 10.7 Å². The maximum Gasteiger partial charge on any atom is 0.417 e. The zero-order valence-corrected chi connectivity index (χ0v) is 13.6. The highest BCUT2D eigenvalue weighted by Gasteiger charge is 2.30. The van der Waals surface area contributed by atoms with Crippen molar-refractivity contribution in [1.82, 2.24) is 4.98 Å². The molecule has 0 aliphatic heterocycles. The van der Waals surface area contributed by atoms with E-state index in [4.69, 9.17) is 0 Å². The summed E-state index contributed by atoms with van der Waals surface area (Å²) in [5.74, 6) is -0.187. The van der Waals surface area contributed by atoms with Crippen LogP contribution >= 0.6 is 15.9 Å². The second kappa shape index (κ2) is 5.88. The normalized spacial score (nSPS) is 12.2. The topological polar surface area (TPSA) is 59.1 Å². The number of halogens is 4. The number of nitrogens with one attached hydrogen (secondary N) is 1. The third kappa shape index (κ3) is 3.77. The van der Waals surface area contributed by atoms with Crippen LogP contribution in [0.2, 0.25) is 0 Å². The predicted octanol–water partition coefficient (Wildman–Crippen LogP) is 3.97. The van der Waals surface area contributed by atoms with Gasteiger partial charge in [0.1, 0.15) is 5.82 Å². The van der Waals surface area contributed by atoms with Crippen LogP contribution in [0.5, 0.6) is 0 Å². The first-order valence-electron chi connectivity index (χ1n) is 5.92. The van der Waals surface area contributed by atoms with Crippen LogP contribution in [0.15, 0.2) is 45.9 Å². The van der Waals surface area contributed by atoms with Gasteiger partial charge in [-0.15, -0.1) is 0 Å². The molecular weight excluding hydrogens is 385 g/mol. The predicted molar refractivity (Wildman–Crippen MR) is 78.9 cm³/mol. The Balaban J connectivity index is 2.27. The van der Waals surface area contributed by atoms with E-state index < -0.39 is 21.8 Å². The summed E-state index contributed by atoms with van der Waals surface area (Å²) in [5, 5.41) is 0. The molecule has 1 aromatic heterocycles. The fourth-order valence-electron chi connectivity index (χ4n) is 1.60. The standard InChI is InChI=1S/C13H10BrF3N2O2S/c1-8-6-10(3-4-11(8)14)22(20,21)19-12-5-2-9(7-18-12)13(15,16)17/h2-7H,1H3,(H,18,19). The highest BCUT2D eigenvalue weighted by atomic mass is 79.9. The Hall–Kier alpha value is -1.61. The van der Waals surface area contributed by atoms with Crippen LogP contribution in [0.4, 0.5) is 19.0 Å². The Morgan fingerprint density at radius 2 is 1.86 bits per heavy atom. The molecule has 2 rings (SSSR count). The average molecular weight is 395 g/mol. The van der Waals surface area contributed by atoms with Crippen molar-refractivity contribution in [1.29, 1.82) is 0 Å². The van der Waals surface area contributed by atoms with Gasteiger partial charge in [-0.25, -0.2) is 13.4 Å². The smallest absolute Gasteiger partial charge is 0.263 e. The van der Waals surface area contributed by atoms with Crippen LogP contribution in [0.1, 0.15) is 11.1 Å². The fraction of sp³-hybridized carbons (Fsp3) is 0.154. The van der Waals surface area contributed by atoms with Gasteiger partial charge in [-0.2, -0.15) is 13.2 Å². The number of hydrogen-bond donors (Lipinski definition) is 1. The summed E-state index contributed by atoms with van der Waals surface area (Å²) in [6, 6.07) is 6.12. The third-order valence-corrected chi connectivity index (χ3v) is 5.01. The molecule has 0 saturated heterocycles. The van der Waals surface area contributed by atoms with Gasteiger partial charge < -0.3 is 0 Å². The van der Waals surface area contributed by atoms with Gasteiger partial charge in [0.2, 0.25) is 0 Å². The highest BCUT2D eigenvalue weighted by Crippen LogP contribution is 2.29. The van der Waals surface area contributed by atoms with Crippen LogP contribution in [-0.2, 0) is 16.2 Å². The summed E-state index contributed by atoms with van der Waals surface area (Å²) < 4.78 is 64.5. The van der Waals surface area contributed by atoms with E-state index in [1.54, 1.807) is 13.0 Å². The van der Waals surface area contributed by atoms with E-state index in [1.165, 1.54) is 12.1 Å². The number of rotatable bonds is 3. The molecule has 0 aliphatic rings. The SMILES string of the molecule is Cc1cc(S(=O)(=O)Nc2ccc(C(F)(F)F)cn2)ccc1Br. The number of hydrogen-bond acceptors (Lipinski definition) is 3. The van der Waals surface area contributed by atoms with Gasteiger partial charge in [-0.05, 0) is 42.8 Å². The minimum atomic E-state index is -4.52. The lowest BCUT2D eigenvalue weighted by Crippen LogP contribution is -2.14. The molecule has 0 atom stereocenters. The van der Waals surface area contributed by atoms with Gasteiger partial charge in [0.25, 0.3) is 10.0 Å². The quantitative estimate of drug-likeness (QED) is 0.856. The van der Waals surface area contributed by atoms with Gasteiger partial charge in [0.05, 0.1) is 10.5 Å². The van der Waals surface area contributed by atoms with Gasteiger partial charge in [-0.1, -0.05) is 15.9 Å². The van der Waals surface area contributed by atoms with Crippen molar-refractivity contribution in [3.63, 3.8) is 0 Å². The van der Waals surface area contributed by atoms with Crippen LogP contribution in [0, 0.1) is 6.92 Å². The Labute approximate surface area is 133 Å². The summed E-state index contributed by atoms with van der Waals surface area (Å²) in [6.07, 6.45) is -3.95. The molecule has 2 aromatic rings. The van der Waals surface area contributed by atoms with Crippen molar-refractivity contribution >= 4 is 31.8 Å². The lowest BCUT2D eigenvalue weighted by atomic mass is 10.2. The first-order chi connectivity index (χ1) is 10.1. The van der Waals surface area contributed by atoms with Crippen molar-refractivity contribution in [3.05, 3.63) is 52.1 Å². The largest absolute Gasteiger partial charge is 0.417 e. The molecule has 0 aliphatic carbocycles. The number of sulfonamides is 1. The maximum atomic E-state index is 12.4. The van der Waals surface area contributed by atoms with E-state index in [1.807, 2.05) is 0 Å². The van der Waals surface area contributed by atoms with Gasteiger partial charge in [-0.3, -0.25) is 4.72 Å². The molecule has 0 radical (unpaired) electrons. The molecule has 4 nitrogen and oxygen atoms in total. The number of benzene rings is 1. The molecule has 9 heteroatoms. The van der Waals surface area contributed by atoms with E-state index in [2.05, 4.69) is 25.6 Å². The van der Waals surface area contributed by atoms with Crippen LogP contribution in [0.25, 0.3) is 0 Å². The number of aryl methyl sites for hydroxylation is 1. The summed E-state index contributed by atoms with van der Waals surface area (Å²) in [4.78, 5) is 3.47. The zero-order valence-electron chi connectivity index (χ0n) is 11.1. The molecule has 0 amide bonds. The third-order valence-electron chi connectivity index (χ3n) is 2.77. The summed E-state index contributed by atoms with van der Waals surface area (Å²) in [6.45, 7) is 1.72. The van der Waals surface area contributed by atoms with E-state index in [0.717, 1.165) is 16.6 Å². The Morgan fingerprint density at radius 1 is 1.18 bits per heavy atom. The molecule has 0 bridgehead atoms. The van der Waals surface area contributed by atoms with Crippen LogP contribution in [0.3, 0.4) is 0 Å². The number of nitrogens with zero attached hydrogens (tertiary/aromatic N) is 1. The van der Waals surface area contributed by atoms with E-state index in [0.29, 0.717) is 11.8 Å². The second-order valence-corrected chi connectivity index (χ2v) is 6.98. The van der Waals surface area contributed by atoms with Crippen molar-refractivity contribution in [3.8, 4) is 0 Å². The Bertz CT molecular complexity index is 790. The molecule has 0 unspecified atom stereocenters. The summed E-state index contributed by atoms with van der Waals surface area (Å²) >= 11 is 3.26. The van der Waals surface area contributed by atoms with Gasteiger partial charge in [0, 0.05) is 10.7 Å². The minimum Gasteiger partial charge on any atom is -0.263 e. The number of pyridine rings is 1. The summed E-state index contributed by atoms with van der Waals surface area (Å²) in [7, 11) is -3.92. The molecule has 118 valence electrons. The molecule has 1 N–H and O–H groups in total.